The molecule has 7 heteroatoms. The Morgan fingerprint density at radius 1 is 1.03 bits per heavy atom. The number of benzene rings is 2. The summed E-state index contributed by atoms with van der Waals surface area (Å²) in [7, 11) is 0. The third-order valence-electron chi connectivity index (χ3n) is 7.08. The topological polar surface area (TPSA) is 95.9 Å². The first kappa shape index (κ1) is 24.8. The standard InChI is InChI=1S/C28H34N2O5/c1-19-7-2-5-11-24(19)21-14-12-20(13-15-21)17-25(27(32)33)29-26(31)22-8-6-16-30(18-22)28(34)35-23-9-3-4-10-23/h2,5,7,11-15,22-23,25H,3-4,6,8-10,16-18H2,1H3,(H,29,31)(H,32,33)/t22?,25-/m0/s1. The van der Waals surface area contributed by atoms with E-state index in [4.69, 9.17) is 4.74 Å². The van der Waals surface area contributed by atoms with E-state index in [1.54, 1.807) is 4.90 Å². The molecule has 1 aliphatic heterocycles. The number of piperidine rings is 1. The fourth-order valence-corrected chi connectivity index (χ4v) is 5.02. The van der Waals surface area contributed by atoms with Gasteiger partial charge in [0.05, 0.1) is 5.92 Å². The molecule has 2 fully saturated rings. The van der Waals surface area contributed by atoms with Gasteiger partial charge in [-0.05, 0) is 67.7 Å². The number of nitrogens with one attached hydrogen (secondary N) is 1. The molecule has 1 unspecified atom stereocenters. The summed E-state index contributed by atoms with van der Waals surface area (Å²) in [5, 5.41) is 12.5. The molecule has 4 rings (SSSR count). The lowest BCUT2D eigenvalue weighted by Gasteiger charge is -2.32. The van der Waals surface area contributed by atoms with Crippen LogP contribution in [-0.4, -0.2) is 53.2 Å². The van der Waals surface area contributed by atoms with Crippen molar-refractivity contribution in [2.75, 3.05) is 13.1 Å². The molecule has 2 N–H and O–H groups in total. The molecule has 186 valence electrons. The van der Waals surface area contributed by atoms with E-state index in [9.17, 15) is 19.5 Å². The maximum absolute atomic E-state index is 12.9. The molecule has 0 radical (unpaired) electrons. The maximum atomic E-state index is 12.9. The summed E-state index contributed by atoms with van der Waals surface area (Å²) in [4.78, 5) is 39.0. The lowest BCUT2D eigenvalue weighted by Crippen LogP contribution is -2.50. The number of carbonyl (C=O) groups excluding carboxylic acids is 2. The molecule has 1 saturated heterocycles. The van der Waals surface area contributed by atoms with Crippen LogP contribution in [0.2, 0.25) is 0 Å². The van der Waals surface area contributed by atoms with E-state index >= 15 is 0 Å². The number of ether oxygens (including phenoxy) is 1. The van der Waals surface area contributed by atoms with Gasteiger partial charge in [-0.25, -0.2) is 9.59 Å². The highest BCUT2D eigenvalue weighted by molar-refractivity contribution is 5.85. The van der Waals surface area contributed by atoms with Crippen LogP contribution in [0.4, 0.5) is 4.79 Å². The first-order chi connectivity index (χ1) is 16.9. The second-order valence-electron chi connectivity index (χ2n) is 9.69. The van der Waals surface area contributed by atoms with Gasteiger partial charge in [-0.2, -0.15) is 0 Å². The van der Waals surface area contributed by atoms with Crippen LogP contribution >= 0.6 is 0 Å². The zero-order valence-corrected chi connectivity index (χ0v) is 20.2. The number of hydrogen-bond acceptors (Lipinski definition) is 4. The molecule has 0 spiro atoms. The van der Waals surface area contributed by atoms with Crippen molar-refractivity contribution in [3.05, 3.63) is 59.7 Å². The van der Waals surface area contributed by atoms with E-state index in [-0.39, 0.29) is 31.1 Å². The van der Waals surface area contributed by atoms with Crippen LogP contribution in [0.1, 0.15) is 49.7 Å². The molecule has 0 aromatic heterocycles. The number of likely N-dealkylation sites (tertiary alicyclic amines) is 1. The van der Waals surface area contributed by atoms with E-state index in [1.807, 2.05) is 36.4 Å². The van der Waals surface area contributed by atoms with E-state index in [0.29, 0.717) is 19.4 Å². The average Bonchev–Trinajstić information content (AvgIpc) is 3.37. The molecule has 1 aliphatic carbocycles. The Hall–Kier alpha value is -3.35. The normalized spacial score (nSPS) is 19.2. The third-order valence-corrected chi connectivity index (χ3v) is 7.08. The van der Waals surface area contributed by atoms with Gasteiger partial charge < -0.3 is 20.1 Å². The maximum Gasteiger partial charge on any atom is 0.410 e. The van der Waals surface area contributed by atoms with Gasteiger partial charge in [0.2, 0.25) is 5.91 Å². The predicted molar refractivity (Wildman–Crippen MR) is 133 cm³/mol. The highest BCUT2D eigenvalue weighted by Gasteiger charge is 2.32. The quantitative estimate of drug-likeness (QED) is 0.608. The second kappa shape index (κ2) is 11.4. The lowest BCUT2D eigenvalue weighted by molar-refractivity contribution is -0.142. The molecular weight excluding hydrogens is 444 g/mol. The van der Waals surface area contributed by atoms with Gasteiger partial charge in [-0.15, -0.1) is 0 Å². The van der Waals surface area contributed by atoms with Crippen LogP contribution < -0.4 is 5.32 Å². The summed E-state index contributed by atoms with van der Waals surface area (Å²) in [5.41, 5.74) is 4.20. The minimum absolute atomic E-state index is 0.0229. The van der Waals surface area contributed by atoms with Gasteiger partial charge in [0, 0.05) is 19.5 Å². The van der Waals surface area contributed by atoms with Crippen molar-refractivity contribution >= 4 is 18.0 Å². The molecule has 2 aliphatic rings. The third kappa shape index (κ3) is 6.41. The fraction of sp³-hybridized carbons (Fsp3) is 0.464. The minimum atomic E-state index is -1.07. The largest absolute Gasteiger partial charge is 0.480 e. The SMILES string of the molecule is Cc1ccccc1-c1ccc(C[C@H](NC(=O)C2CCCN(C(=O)OC3CCCC3)C2)C(=O)O)cc1. The Morgan fingerprint density at radius 2 is 1.74 bits per heavy atom. The van der Waals surface area contributed by atoms with E-state index < -0.39 is 17.9 Å². The summed E-state index contributed by atoms with van der Waals surface area (Å²) in [6, 6.07) is 14.8. The van der Waals surface area contributed by atoms with Crippen molar-refractivity contribution in [3.8, 4) is 11.1 Å². The van der Waals surface area contributed by atoms with E-state index in [1.165, 1.54) is 5.56 Å². The smallest absolute Gasteiger partial charge is 0.410 e. The van der Waals surface area contributed by atoms with E-state index in [2.05, 4.69) is 24.4 Å². The van der Waals surface area contributed by atoms with Gasteiger partial charge in [0.25, 0.3) is 0 Å². The number of carboxylic acid groups (broad SMARTS) is 1. The van der Waals surface area contributed by atoms with Crippen LogP contribution in [0.3, 0.4) is 0 Å². The van der Waals surface area contributed by atoms with Crippen molar-refractivity contribution in [2.24, 2.45) is 5.92 Å². The number of nitrogens with zero attached hydrogens (tertiary/aromatic N) is 1. The summed E-state index contributed by atoms with van der Waals surface area (Å²) in [6.07, 6.45) is 5.07. The monoisotopic (exact) mass is 478 g/mol. The first-order valence-electron chi connectivity index (χ1n) is 12.5. The second-order valence-corrected chi connectivity index (χ2v) is 9.69. The number of amides is 2. The van der Waals surface area contributed by atoms with Gasteiger partial charge in [-0.3, -0.25) is 4.79 Å². The summed E-state index contributed by atoms with van der Waals surface area (Å²) >= 11 is 0. The van der Waals surface area contributed by atoms with Gasteiger partial charge in [-0.1, -0.05) is 48.5 Å². The van der Waals surface area contributed by atoms with Crippen molar-refractivity contribution in [1.29, 1.82) is 0 Å². The predicted octanol–water partition coefficient (Wildman–Crippen LogP) is 4.57. The number of hydrogen-bond donors (Lipinski definition) is 2. The molecule has 2 atom stereocenters. The van der Waals surface area contributed by atoms with Crippen LogP contribution in [0, 0.1) is 12.8 Å². The van der Waals surface area contributed by atoms with Crippen molar-refractivity contribution in [2.45, 2.75) is 64.0 Å². The number of carbonyl (C=O) groups is 3. The first-order valence-corrected chi connectivity index (χ1v) is 12.5. The molecule has 7 nitrogen and oxygen atoms in total. The number of aliphatic carboxylic acids is 1. The Balaban J connectivity index is 1.34. The molecular formula is C28H34N2O5. The van der Waals surface area contributed by atoms with Crippen LogP contribution in [0.15, 0.2) is 48.5 Å². The van der Waals surface area contributed by atoms with Crippen molar-refractivity contribution in [1.82, 2.24) is 10.2 Å². The molecule has 0 bridgehead atoms. The molecule has 2 aromatic carbocycles. The van der Waals surface area contributed by atoms with Crippen LogP contribution in [0.5, 0.6) is 0 Å². The summed E-state index contributed by atoms with van der Waals surface area (Å²) in [5.74, 6) is -1.84. The van der Waals surface area contributed by atoms with Gasteiger partial charge in [0.1, 0.15) is 12.1 Å². The molecule has 1 heterocycles. The van der Waals surface area contributed by atoms with Crippen LogP contribution in [0.25, 0.3) is 11.1 Å². The lowest BCUT2D eigenvalue weighted by atomic mass is 9.95. The fourth-order valence-electron chi connectivity index (χ4n) is 5.02. The molecule has 2 amide bonds. The Labute approximate surface area is 206 Å². The molecule has 2 aromatic rings. The molecule has 35 heavy (non-hydrogen) atoms. The number of rotatable bonds is 7. The number of aryl methyl sites for hydroxylation is 1. The zero-order valence-electron chi connectivity index (χ0n) is 20.2. The highest BCUT2D eigenvalue weighted by Crippen LogP contribution is 2.25. The highest BCUT2D eigenvalue weighted by atomic mass is 16.6. The summed E-state index contributed by atoms with van der Waals surface area (Å²) in [6.45, 7) is 2.87. The van der Waals surface area contributed by atoms with Gasteiger partial charge >= 0.3 is 12.1 Å². The zero-order chi connectivity index (χ0) is 24.8. The minimum Gasteiger partial charge on any atom is -0.480 e. The number of carboxylic acids is 1. The average molecular weight is 479 g/mol. The van der Waals surface area contributed by atoms with Crippen molar-refractivity contribution in [3.63, 3.8) is 0 Å². The van der Waals surface area contributed by atoms with E-state index in [0.717, 1.165) is 42.4 Å². The summed E-state index contributed by atoms with van der Waals surface area (Å²) < 4.78 is 5.59. The van der Waals surface area contributed by atoms with Gasteiger partial charge in [0.15, 0.2) is 0 Å². The molecule has 1 saturated carbocycles. The Bertz CT molecular complexity index is 1050. The van der Waals surface area contributed by atoms with Crippen molar-refractivity contribution < 1.29 is 24.2 Å². The Kier molecular flexibility index (Phi) is 8.06. The van der Waals surface area contributed by atoms with Crippen LogP contribution in [-0.2, 0) is 20.7 Å². The Morgan fingerprint density at radius 3 is 2.43 bits per heavy atom.